The van der Waals surface area contributed by atoms with E-state index >= 15 is 0 Å². The van der Waals surface area contributed by atoms with Crippen molar-refractivity contribution in [3.05, 3.63) is 34.3 Å². The predicted octanol–water partition coefficient (Wildman–Crippen LogP) is 0.817. The van der Waals surface area contributed by atoms with E-state index in [9.17, 15) is 9.59 Å². The SMILES string of the molecule is CN1CC(c2ccc3oc(=O)[nH]c3c2)NC1=O. The van der Waals surface area contributed by atoms with Gasteiger partial charge in [-0.25, -0.2) is 9.59 Å². The van der Waals surface area contributed by atoms with Gasteiger partial charge in [0.15, 0.2) is 5.58 Å². The number of aromatic nitrogens is 1. The maximum absolute atomic E-state index is 11.4. The number of hydrogen-bond acceptors (Lipinski definition) is 3. The van der Waals surface area contributed by atoms with E-state index in [1.165, 1.54) is 0 Å². The Morgan fingerprint density at radius 3 is 2.94 bits per heavy atom. The van der Waals surface area contributed by atoms with Gasteiger partial charge in [0.25, 0.3) is 0 Å². The zero-order chi connectivity index (χ0) is 12.0. The van der Waals surface area contributed by atoms with Crippen LogP contribution in [0.5, 0.6) is 0 Å². The summed E-state index contributed by atoms with van der Waals surface area (Å²) in [5.41, 5.74) is 2.12. The largest absolute Gasteiger partial charge is 0.417 e. The molecule has 1 atom stereocenters. The quantitative estimate of drug-likeness (QED) is 0.765. The number of oxazole rings is 1. The van der Waals surface area contributed by atoms with Gasteiger partial charge in [0.05, 0.1) is 11.6 Å². The van der Waals surface area contributed by atoms with Crippen molar-refractivity contribution in [1.82, 2.24) is 15.2 Å². The first-order chi connectivity index (χ1) is 8.13. The molecule has 1 saturated heterocycles. The molecular formula is C11H11N3O3. The zero-order valence-electron chi connectivity index (χ0n) is 9.19. The third-order valence-corrected chi connectivity index (χ3v) is 2.95. The fourth-order valence-corrected chi connectivity index (χ4v) is 2.04. The second-order valence-electron chi connectivity index (χ2n) is 4.15. The predicted molar refractivity (Wildman–Crippen MR) is 60.7 cm³/mol. The van der Waals surface area contributed by atoms with E-state index in [4.69, 9.17) is 4.42 Å². The number of hydrogen-bond donors (Lipinski definition) is 2. The number of benzene rings is 1. The van der Waals surface area contributed by atoms with E-state index in [1.807, 2.05) is 12.1 Å². The van der Waals surface area contributed by atoms with Crippen LogP contribution in [0.25, 0.3) is 11.1 Å². The van der Waals surface area contributed by atoms with Gasteiger partial charge in [0, 0.05) is 13.6 Å². The Hall–Kier alpha value is -2.24. The molecule has 0 spiro atoms. The van der Waals surface area contributed by atoms with Crippen LogP contribution in [0.4, 0.5) is 4.79 Å². The molecule has 6 heteroatoms. The number of amides is 2. The van der Waals surface area contributed by atoms with Crippen LogP contribution in [0.15, 0.2) is 27.4 Å². The fourth-order valence-electron chi connectivity index (χ4n) is 2.04. The van der Waals surface area contributed by atoms with Crippen LogP contribution in [-0.2, 0) is 0 Å². The molecule has 1 fully saturated rings. The smallest absolute Gasteiger partial charge is 0.408 e. The van der Waals surface area contributed by atoms with Crippen LogP contribution >= 0.6 is 0 Å². The molecule has 2 heterocycles. The summed E-state index contributed by atoms with van der Waals surface area (Å²) in [7, 11) is 1.74. The lowest BCUT2D eigenvalue weighted by molar-refractivity contribution is 0.226. The molecule has 0 bridgehead atoms. The van der Waals surface area contributed by atoms with E-state index < -0.39 is 5.76 Å². The van der Waals surface area contributed by atoms with Gasteiger partial charge in [-0.15, -0.1) is 0 Å². The summed E-state index contributed by atoms with van der Waals surface area (Å²) in [5.74, 6) is -0.468. The van der Waals surface area contributed by atoms with Gasteiger partial charge in [-0.3, -0.25) is 4.98 Å². The first-order valence-electron chi connectivity index (χ1n) is 5.28. The average Bonchev–Trinajstić information content (AvgIpc) is 2.80. The minimum absolute atomic E-state index is 0.0460. The summed E-state index contributed by atoms with van der Waals surface area (Å²) >= 11 is 0. The van der Waals surface area contributed by atoms with Crippen molar-refractivity contribution in [3.63, 3.8) is 0 Å². The van der Waals surface area contributed by atoms with Crippen molar-refractivity contribution in [1.29, 1.82) is 0 Å². The maximum atomic E-state index is 11.4. The lowest BCUT2D eigenvalue weighted by Crippen LogP contribution is -2.23. The molecule has 17 heavy (non-hydrogen) atoms. The van der Waals surface area contributed by atoms with Gasteiger partial charge in [-0.2, -0.15) is 0 Å². The lowest BCUT2D eigenvalue weighted by Gasteiger charge is -2.09. The topological polar surface area (TPSA) is 78.3 Å². The second-order valence-corrected chi connectivity index (χ2v) is 4.15. The summed E-state index contributed by atoms with van der Waals surface area (Å²) in [6.45, 7) is 0.617. The molecule has 1 aromatic heterocycles. The minimum atomic E-state index is -0.468. The van der Waals surface area contributed by atoms with Crippen LogP contribution in [0, 0.1) is 0 Å². The molecule has 6 nitrogen and oxygen atoms in total. The highest BCUT2D eigenvalue weighted by molar-refractivity contribution is 5.78. The highest BCUT2D eigenvalue weighted by atomic mass is 16.4. The van der Waals surface area contributed by atoms with Gasteiger partial charge in [-0.05, 0) is 17.7 Å². The number of aromatic amines is 1. The molecule has 2 amide bonds. The summed E-state index contributed by atoms with van der Waals surface area (Å²) in [6.07, 6.45) is 0. The molecule has 1 aliphatic rings. The van der Waals surface area contributed by atoms with Crippen LogP contribution in [-0.4, -0.2) is 29.5 Å². The Kier molecular flexibility index (Phi) is 1.98. The fraction of sp³-hybridized carbons (Fsp3) is 0.273. The third-order valence-electron chi connectivity index (χ3n) is 2.95. The molecule has 1 aromatic carbocycles. The molecule has 0 saturated carbocycles. The summed E-state index contributed by atoms with van der Waals surface area (Å²) in [5, 5.41) is 2.86. The number of H-pyrrole nitrogens is 1. The normalized spacial score (nSPS) is 19.9. The highest BCUT2D eigenvalue weighted by Crippen LogP contribution is 2.22. The van der Waals surface area contributed by atoms with Crippen molar-refractivity contribution in [2.45, 2.75) is 6.04 Å². The first kappa shape index (κ1) is 9.95. The zero-order valence-corrected chi connectivity index (χ0v) is 9.19. The van der Waals surface area contributed by atoms with Crippen molar-refractivity contribution >= 4 is 17.1 Å². The molecule has 3 rings (SSSR count). The highest BCUT2D eigenvalue weighted by Gasteiger charge is 2.26. The molecular weight excluding hydrogens is 222 g/mol. The van der Waals surface area contributed by atoms with E-state index in [0.717, 1.165) is 5.56 Å². The van der Waals surface area contributed by atoms with Crippen molar-refractivity contribution in [2.24, 2.45) is 0 Å². The van der Waals surface area contributed by atoms with Gasteiger partial charge in [0.1, 0.15) is 0 Å². The lowest BCUT2D eigenvalue weighted by atomic mass is 10.1. The van der Waals surface area contributed by atoms with Crippen molar-refractivity contribution in [3.8, 4) is 0 Å². The Morgan fingerprint density at radius 1 is 1.41 bits per heavy atom. The van der Waals surface area contributed by atoms with E-state index in [-0.39, 0.29) is 12.1 Å². The summed E-state index contributed by atoms with van der Waals surface area (Å²) < 4.78 is 4.92. The second kappa shape index (κ2) is 3.38. The number of nitrogens with zero attached hydrogens (tertiary/aromatic N) is 1. The van der Waals surface area contributed by atoms with Crippen molar-refractivity contribution < 1.29 is 9.21 Å². The molecule has 1 aliphatic heterocycles. The van der Waals surface area contributed by atoms with Crippen LogP contribution in [0.1, 0.15) is 11.6 Å². The Balaban J connectivity index is 2.01. The number of nitrogens with one attached hydrogen (secondary N) is 2. The number of carbonyl (C=O) groups is 1. The Labute approximate surface area is 96.2 Å². The number of likely N-dealkylation sites (N-methyl/N-ethyl adjacent to an activating group) is 1. The summed E-state index contributed by atoms with van der Waals surface area (Å²) in [4.78, 5) is 26.6. The van der Waals surface area contributed by atoms with Crippen LogP contribution < -0.4 is 11.1 Å². The van der Waals surface area contributed by atoms with Gasteiger partial charge < -0.3 is 14.6 Å². The average molecular weight is 233 g/mol. The molecule has 0 radical (unpaired) electrons. The monoisotopic (exact) mass is 233 g/mol. The van der Waals surface area contributed by atoms with Crippen LogP contribution in [0.2, 0.25) is 0 Å². The maximum Gasteiger partial charge on any atom is 0.417 e. The number of urea groups is 1. The third kappa shape index (κ3) is 1.57. The molecule has 1 unspecified atom stereocenters. The van der Waals surface area contributed by atoms with E-state index in [1.54, 1.807) is 18.0 Å². The Morgan fingerprint density at radius 2 is 2.24 bits per heavy atom. The number of fused-ring (bicyclic) bond motifs is 1. The van der Waals surface area contributed by atoms with Gasteiger partial charge >= 0.3 is 11.8 Å². The molecule has 88 valence electrons. The van der Waals surface area contributed by atoms with Gasteiger partial charge in [-0.1, -0.05) is 6.07 Å². The number of rotatable bonds is 1. The molecule has 0 aliphatic carbocycles. The Bertz CT molecular complexity index is 643. The van der Waals surface area contributed by atoms with Crippen molar-refractivity contribution in [2.75, 3.05) is 13.6 Å². The van der Waals surface area contributed by atoms with E-state index in [2.05, 4.69) is 10.3 Å². The van der Waals surface area contributed by atoms with Gasteiger partial charge in [0.2, 0.25) is 0 Å². The standard InChI is InChI=1S/C11H11N3O3/c1-14-5-8(12-10(14)15)6-2-3-9-7(4-6)13-11(16)17-9/h2-4,8H,5H2,1H3,(H,12,15)(H,13,16). The molecule has 2 N–H and O–H groups in total. The summed E-state index contributed by atoms with van der Waals surface area (Å²) in [6, 6.07) is 5.27. The van der Waals surface area contributed by atoms with E-state index in [0.29, 0.717) is 17.6 Å². The minimum Gasteiger partial charge on any atom is -0.408 e. The number of carbonyl (C=O) groups excluding carboxylic acids is 1. The van der Waals surface area contributed by atoms with Crippen LogP contribution in [0.3, 0.4) is 0 Å². The first-order valence-corrected chi connectivity index (χ1v) is 5.28. The molecule has 2 aromatic rings.